The minimum absolute atomic E-state index is 0. The molecule has 204 valence electrons. The third-order valence-electron chi connectivity index (χ3n) is 3.73. The number of ketones is 2. The molecule has 2 aromatic rings. The maximum atomic E-state index is 9.37. The van der Waals surface area contributed by atoms with Crippen LogP contribution in [0.1, 0.15) is 38.8 Å². The normalized spacial score (nSPS) is 10.2. The first kappa shape index (κ1) is 38.9. The number of aliphatic hydroxyl groups is 2. The summed E-state index contributed by atoms with van der Waals surface area (Å²) < 4.78 is 9.59. The molecule has 0 bridgehead atoms. The molecule has 0 aromatic heterocycles. The quantitative estimate of drug-likeness (QED) is 0.115. The molecule has 0 amide bonds. The molecule has 8 N–H and O–H groups in total. The number of rotatable bonds is 10. The first-order chi connectivity index (χ1) is 17.2. The number of aliphatic hydroxyl groups excluding tert-OH is 2. The predicted molar refractivity (Wildman–Crippen MR) is 148 cm³/mol. The molecule has 9 heteroatoms. The van der Waals surface area contributed by atoms with E-state index in [1.54, 1.807) is 24.3 Å². The number of carbonyl (C=O) groups excluding carboxylic acids is 2. The fraction of sp³-hybridized carbons (Fsp3) is 0.357. The Bertz CT molecular complexity index is 779. The summed E-state index contributed by atoms with van der Waals surface area (Å²) in [4.78, 5) is 18.7. The number of ether oxygens (including phenoxy) is 2. The second-order valence-electron chi connectivity index (χ2n) is 6.97. The van der Waals surface area contributed by atoms with Crippen LogP contribution in [0, 0.1) is 0 Å². The molecule has 0 saturated carbocycles. The largest absolute Gasteiger partial charge is 0.512 e. The van der Waals surface area contributed by atoms with Gasteiger partial charge in [-0.15, -0.1) is 0 Å². The first-order valence-electron chi connectivity index (χ1n) is 11.6. The Morgan fingerprint density at radius 1 is 0.703 bits per heavy atom. The average molecular weight is 557 g/mol. The fourth-order valence-corrected chi connectivity index (χ4v) is 2.21. The van der Waals surface area contributed by atoms with Crippen molar-refractivity contribution in [2.24, 2.45) is 0 Å². The van der Waals surface area contributed by atoms with Crippen molar-refractivity contribution >= 4 is 11.6 Å². The van der Waals surface area contributed by atoms with Crippen LogP contribution >= 0.6 is 0 Å². The van der Waals surface area contributed by atoms with Crippen molar-refractivity contribution in [2.45, 2.75) is 27.7 Å². The Morgan fingerprint density at radius 2 is 1.00 bits per heavy atom. The van der Waals surface area contributed by atoms with Crippen LogP contribution < -0.4 is 0 Å². The molecule has 0 atom stereocenters. The van der Waals surface area contributed by atoms with E-state index in [9.17, 15) is 9.59 Å². The van der Waals surface area contributed by atoms with Crippen LogP contribution in [0.25, 0.3) is 0 Å². The standard InChI is InChI=1S/2C10H10O2.2C4H10O2.Ti/c2*1-8(11)7-10(12)9-5-3-2-4-6-9;2*1-2-6-4-3-5;/h2*2-7,11H,1H3;2*5H,2-4H2,1H3;/p+4/b2*8-7-;;;. The van der Waals surface area contributed by atoms with Gasteiger partial charge in [0.15, 0.2) is 13.2 Å². The van der Waals surface area contributed by atoms with E-state index in [0.717, 1.165) is 13.2 Å². The van der Waals surface area contributed by atoms with Crippen molar-refractivity contribution < 1.29 is 61.2 Å². The summed E-state index contributed by atoms with van der Waals surface area (Å²) in [6, 6.07) is 18.1. The summed E-state index contributed by atoms with van der Waals surface area (Å²) in [5, 5.41) is 30.9. The molecule has 0 spiro atoms. The third-order valence-corrected chi connectivity index (χ3v) is 3.73. The molecule has 2 rings (SSSR count). The van der Waals surface area contributed by atoms with Crippen molar-refractivity contribution in [1.29, 1.82) is 0 Å². The second kappa shape index (κ2) is 28.0. The van der Waals surface area contributed by atoms with Crippen LogP contribution in [0.4, 0.5) is 0 Å². The van der Waals surface area contributed by atoms with Crippen molar-refractivity contribution in [3.8, 4) is 0 Å². The van der Waals surface area contributed by atoms with E-state index < -0.39 is 0 Å². The first-order valence-corrected chi connectivity index (χ1v) is 11.6. The molecule has 0 aliphatic heterocycles. The molecule has 0 aliphatic carbocycles. The van der Waals surface area contributed by atoms with Crippen LogP contribution in [0.3, 0.4) is 0 Å². The zero-order chi connectivity index (χ0) is 27.6. The zero-order valence-corrected chi connectivity index (χ0v) is 23.8. The van der Waals surface area contributed by atoms with E-state index in [0.29, 0.717) is 37.6 Å². The molecule has 0 heterocycles. The minimum atomic E-state index is 0. The van der Waals surface area contributed by atoms with Crippen LogP contribution in [-0.4, -0.2) is 81.2 Å². The Morgan fingerprint density at radius 3 is 1.19 bits per heavy atom. The van der Waals surface area contributed by atoms with Gasteiger partial charge >= 0.3 is 11.6 Å². The molecule has 0 aliphatic rings. The van der Waals surface area contributed by atoms with Gasteiger partial charge in [-0.2, -0.15) is 0 Å². The maximum Gasteiger partial charge on any atom is 0.350 e. The van der Waals surface area contributed by atoms with Crippen molar-refractivity contribution in [3.05, 3.63) is 95.5 Å². The van der Waals surface area contributed by atoms with Crippen LogP contribution in [0.5, 0.6) is 0 Å². The van der Waals surface area contributed by atoms with Gasteiger partial charge in [-0.3, -0.25) is 9.59 Å². The Hall–Kier alpha value is -2.59. The minimum Gasteiger partial charge on any atom is -0.512 e. The molecule has 0 unspecified atom stereocenters. The number of hydrogen-bond donors (Lipinski definition) is 2. The molecular formula is C28H44O8Ti+4. The topological polar surface area (TPSA) is 148 Å². The van der Waals surface area contributed by atoms with Crippen LogP contribution in [0.15, 0.2) is 84.3 Å². The molecular weight excluding hydrogens is 512 g/mol. The molecule has 0 fully saturated rings. The third kappa shape index (κ3) is 26.3. The van der Waals surface area contributed by atoms with Gasteiger partial charge in [0.2, 0.25) is 0 Å². The predicted octanol–water partition coefficient (Wildman–Crippen LogP) is 3.58. The Balaban J connectivity index is -0.000000436. The summed E-state index contributed by atoms with van der Waals surface area (Å²) in [6.45, 7) is 10.3. The van der Waals surface area contributed by atoms with E-state index in [-0.39, 0.29) is 44.8 Å². The van der Waals surface area contributed by atoms with E-state index in [1.807, 2.05) is 50.2 Å². The van der Waals surface area contributed by atoms with Gasteiger partial charge in [-0.05, 0) is 52.0 Å². The van der Waals surface area contributed by atoms with Crippen molar-refractivity contribution in [3.63, 3.8) is 0 Å². The molecule has 0 saturated heterocycles. The van der Waals surface area contributed by atoms with E-state index >= 15 is 0 Å². The smallest absolute Gasteiger partial charge is 0.350 e. The number of hydrogen-bond acceptors (Lipinski definition) is 4. The Labute approximate surface area is 235 Å². The second-order valence-corrected chi connectivity index (χ2v) is 6.97. The van der Waals surface area contributed by atoms with E-state index in [2.05, 4.69) is 0 Å². The molecule has 0 radical (unpaired) electrons. The van der Waals surface area contributed by atoms with Crippen molar-refractivity contribution in [2.75, 3.05) is 39.6 Å². The van der Waals surface area contributed by atoms with Crippen LogP contribution in [-0.2, 0) is 31.2 Å². The summed E-state index contributed by atoms with van der Waals surface area (Å²) in [5.74, 6) is 0.346. The van der Waals surface area contributed by atoms with Gasteiger partial charge in [0.05, 0.1) is 34.8 Å². The SMILES string of the molecule is C/C(O)=C/C(=[OH+])c1ccccc1.C/C(O)=C/C(=[OH+])c1ccccc1.CCOCC[OH2+].CCOCC[OH2+].[Ti]. The average Bonchev–Trinajstić information content (AvgIpc) is 2.87. The molecule has 8 nitrogen and oxygen atoms in total. The van der Waals surface area contributed by atoms with Gasteiger partial charge in [0, 0.05) is 34.9 Å². The summed E-state index contributed by atoms with van der Waals surface area (Å²) in [6.07, 6.45) is 2.63. The molecule has 2 aromatic carbocycles. The Kier molecular flexibility index (Phi) is 29.5. The monoisotopic (exact) mass is 556 g/mol. The molecule has 37 heavy (non-hydrogen) atoms. The van der Waals surface area contributed by atoms with E-state index in [1.165, 1.54) is 26.0 Å². The fourth-order valence-electron chi connectivity index (χ4n) is 2.21. The van der Waals surface area contributed by atoms with Gasteiger partial charge in [-0.25, -0.2) is 0 Å². The van der Waals surface area contributed by atoms with Gasteiger partial charge in [-0.1, -0.05) is 36.4 Å². The number of benzene rings is 2. The van der Waals surface area contributed by atoms with Gasteiger partial charge < -0.3 is 29.9 Å². The maximum absolute atomic E-state index is 9.37. The van der Waals surface area contributed by atoms with Crippen LogP contribution in [0.2, 0.25) is 0 Å². The zero-order valence-electron chi connectivity index (χ0n) is 22.3. The summed E-state index contributed by atoms with van der Waals surface area (Å²) in [5.41, 5.74) is 1.40. The number of allylic oxidation sites excluding steroid dienone is 4. The van der Waals surface area contributed by atoms with E-state index in [4.69, 9.17) is 29.9 Å². The summed E-state index contributed by atoms with van der Waals surface area (Å²) in [7, 11) is 0. The van der Waals surface area contributed by atoms with Gasteiger partial charge in [0.25, 0.3) is 0 Å². The van der Waals surface area contributed by atoms with Gasteiger partial charge in [0.1, 0.15) is 13.2 Å². The summed E-state index contributed by atoms with van der Waals surface area (Å²) >= 11 is 0. The van der Waals surface area contributed by atoms with Crippen molar-refractivity contribution in [1.82, 2.24) is 0 Å².